The van der Waals surface area contributed by atoms with Gasteiger partial charge in [0.05, 0.1) is 11.9 Å². The SMILES string of the molecule is C=CC(=O)N1CCc2c(cccc2-c2c(I)cc(CC(N)=O)c3[nH]c(C)c(C)c23)C1. The molecule has 6 heteroatoms. The molecule has 2 heterocycles. The second-order valence-electron chi connectivity index (χ2n) is 7.82. The standard InChI is InChI=1S/C24H24IN3O2/c1-4-21(30)28-9-8-17-15(12-28)6-5-7-18(17)23-19(25)10-16(11-20(26)29)24-22(23)13(2)14(3)27-24/h4-7,10,27H,1,8-9,11-12H2,2-3H3,(H2,26,29). The van der Waals surface area contributed by atoms with Gasteiger partial charge in [0.15, 0.2) is 0 Å². The number of nitrogens with two attached hydrogens (primary N) is 1. The van der Waals surface area contributed by atoms with Crippen LogP contribution in [0.15, 0.2) is 36.9 Å². The molecule has 0 saturated carbocycles. The lowest BCUT2D eigenvalue weighted by Gasteiger charge is -2.30. The summed E-state index contributed by atoms with van der Waals surface area (Å²) in [6.07, 6.45) is 2.39. The Morgan fingerprint density at radius 1 is 1.33 bits per heavy atom. The first kappa shape index (κ1) is 20.7. The van der Waals surface area contributed by atoms with Crippen LogP contribution in [0.5, 0.6) is 0 Å². The average molecular weight is 513 g/mol. The molecule has 30 heavy (non-hydrogen) atoms. The van der Waals surface area contributed by atoms with E-state index in [9.17, 15) is 9.59 Å². The molecule has 0 unspecified atom stereocenters. The smallest absolute Gasteiger partial charge is 0.246 e. The highest BCUT2D eigenvalue weighted by molar-refractivity contribution is 14.1. The van der Waals surface area contributed by atoms with E-state index in [0.29, 0.717) is 13.1 Å². The van der Waals surface area contributed by atoms with E-state index in [4.69, 9.17) is 5.73 Å². The summed E-state index contributed by atoms with van der Waals surface area (Å²) in [6, 6.07) is 8.39. The topological polar surface area (TPSA) is 79.2 Å². The van der Waals surface area contributed by atoms with Gasteiger partial charge in [0.25, 0.3) is 0 Å². The van der Waals surface area contributed by atoms with Crippen molar-refractivity contribution in [2.75, 3.05) is 6.54 Å². The molecular weight excluding hydrogens is 489 g/mol. The van der Waals surface area contributed by atoms with Crippen molar-refractivity contribution in [1.29, 1.82) is 0 Å². The van der Waals surface area contributed by atoms with Crippen LogP contribution >= 0.6 is 22.6 Å². The first-order chi connectivity index (χ1) is 14.3. The number of aromatic nitrogens is 1. The summed E-state index contributed by atoms with van der Waals surface area (Å²) in [4.78, 5) is 29.0. The lowest BCUT2D eigenvalue weighted by Crippen LogP contribution is -2.34. The molecule has 1 aliphatic rings. The van der Waals surface area contributed by atoms with E-state index >= 15 is 0 Å². The molecule has 3 aromatic rings. The number of nitrogens with one attached hydrogen (secondary N) is 1. The van der Waals surface area contributed by atoms with E-state index in [0.717, 1.165) is 32.2 Å². The number of halogens is 1. The van der Waals surface area contributed by atoms with Crippen molar-refractivity contribution in [2.24, 2.45) is 5.73 Å². The zero-order chi connectivity index (χ0) is 21.6. The molecule has 0 radical (unpaired) electrons. The largest absolute Gasteiger partial charge is 0.369 e. The van der Waals surface area contributed by atoms with Gasteiger partial charge < -0.3 is 15.6 Å². The molecule has 0 spiro atoms. The van der Waals surface area contributed by atoms with Crippen LogP contribution in [0, 0.1) is 17.4 Å². The Morgan fingerprint density at radius 3 is 2.80 bits per heavy atom. The van der Waals surface area contributed by atoms with Crippen LogP contribution in [0.3, 0.4) is 0 Å². The molecule has 0 saturated heterocycles. The number of rotatable bonds is 4. The predicted octanol–water partition coefficient (Wildman–Crippen LogP) is 4.15. The van der Waals surface area contributed by atoms with Crippen molar-refractivity contribution in [3.8, 4) is 11.1 Å². The number of primary amides is 1. The van der Waals surface area contributed by atoms with Crippen LogP contribution in [-0.4, -0.2) is 28.2 Å². The Morgan fingerprint density at radius 2 is 2.10 bits per heavy atom. The van der Waals surface area contributed by atoms with Crippen LogP contribution in [0.25, 0.3) is 22.0 Å². The summed E-state index contributed by atoms with van der Waals surface area (Å²) in [5, 5.41) is 1.15. The molecule has 4 rings (SSSR count). The summed E-state index contributed by atoms with van der Waals surface area (Å²) in [5.74, 6) is -0.371. The Kier molecular flexibility index (Phi) is 5.44. The van der Waals surface area contributed by atoms with E-state index in [-0.39, 0.29) is 18.2 Å². The monoisotopic (exact) mass is 513 g/mol. The molecule has 154 valence electrons. The Hall–Kier alpha value is -2.61. The molecule has 2 amide bonds. The van der Waals surface area contributed by atoms with E-state index < -0.39 is 0 Å². The Labute approximate surface area is 189 Å². The third-order valence-corrected chi connectivity index (χ3v) is 6.85. The highest BCUT2D eigenvalue weighted by atomic mass is 127. The molecule has 0 aliphatic carbocycles. The first-order valence-corrected chi connectivity index (χ1v) is 11.0. The lowest BCUT2D eigenvalue weighted by molar-refractivity contribution is -0.126. The summed E-state index contributed by atoms with van der Waals surface area (Å²) in [5.41, 5.74) is 14.5. The van der Waals surface area contributed by atoms with E-state index in [1.165, 1.54) is 33.9 Å². The highest BCUT2D eigenvalue weighted by Gasteiger charge is 2.25. The molecule has 1 aliphatic heterocycles. The quantitative estimate of drug-likeness (QED) is 0.406. The molecule has 5 nitrogen and oxygen atoms in total. The van der Waals surface area contributed by atoms with Crippen LogP contribution in [0.4, 0.5) is 0 Å². The summed E-state index contributed by atoms with van der Waals surface area (Å²) >= 11 is 2.36. The van der Waals surface area contributed by atoms with Crippen molar-refractivity contribution in [3.63, 3.8) is 0 Å². The highest BCUT2D eigenvalue weighted by Crippen LogP contribution is 2.41. The van der Waals surface area contributed by atoms with Crippen molar-refractivity contribution in [1.82, 2.24) is 9.88 Å². The number of nitrogens with zero attached hydrogens (tertiary/aromatic N) is 1. The number of carbonyl (C=O) groups is 2. The number of hydrogen-bond donors (Lipinski definition) is 2. The van der Waals surface area contributed by atoms with Crippen molar-refractivity contribution in [2.45, 2.75) is 33.2 Å². The van der Waals surface area contributed by atoms with Crippen LogP contribution < -0.4 is 5.73 Å². The summed E-state index contributed by atoms with van der Waals surface area (Å²) in [7, 11) is 0. The van der Waals surface area contributed by atoms with Crippen LogP contribution in [-0.2, 0) is 29.0 Å². The zero-order valence-electron chi connectivity index (χ0n) is 17.1. The molecular formula is C24H24IN3O2. The first-order valence-electron chi connectivity index (χ1n) is 9.92. The van der Waals surface area contributed by atoms with Gasteiger partial charge in [-0.15, -0.1) is 0 Å². The maximum absolute atomic E-state index is 12.1. The number of amides is 2. The fourth-order valence-corrected chi connectivity index (χ4v) is 5.38. The molecule has 3 N–H and O–H groups in total. The van der Waals surface area contributed by atoms with Crippen LogP contribution in [0.1, 0.15) is 27.9 Å². The lowest BCUT2D eigenvalue weighted by atomic mass is 9.87. The van der Waals surface area contributed by atoms with E-state index in [1.54, 1.807) is 0 Å². The summed E-state index contributed by atoms with van der Waals surface area (Å²) < 4.78 is 1.09. The van der Waals surface area contributed by atoms with Gasteiger partial charge in [-0.2, -0.15) is 0 Å². The molecule has 0 fully saturated rings. The predicted molar refractivity (Wildman–Crippen MR) is 128 cm³/mol. The third kappa shape index (κ3) is 3.43. The van der Waals surface area contributed by atoms with Gasteiger partial charge in [0.1, 0.15) is 0 Å². The van der Waals surface area contributed by atoms with Crippen molar-refractivity contribution in [3.05, 3.63) is 68.4 Å². The molecule has 0 bridgehead atoms. The molecule has 1 aromatic heterocycles. The minimum Gasteiger partial charge on any atom is -0.369 e. The van der Waals surface area contributed by atoms with Gasteiger partial charge in [0.2, 0.25) is 11.8 Å². The minimum absolute atomic E-state index is 0.0315. The van der Waals surface area contributed by atoms with Gasteiger partial charge >= 0.3 is 0 Å². The van der Waals surface area contributed by atoms with Gasteiger partial charge in [-0.05, 0) is 82.8 Å². The maximum atomic E-state index is 12.1. The molecule has 0 atom stereocenters. The van der Waals surface area contributed by atoms with Gasteiger partial charge in [0, 0.05) is 33.3 Å². The fourth-order valence-electron chi connectivity index (χ4n) is 4.44. The number of H-pyrrole nitrogens is 1. The van der Waals surface area contributed by atoms with Gasteiger partial charge in [-0.1, -0.05) is 24.8 Å². The number of carbonyl (C=O) groups excluding carboxylic acids is 2. The fraction of sp³-hybridized carbons (Fsp3) is 0.250. The second kappa shape index (κ2) is 7.91. The van der Waals surface area contributed by atoms with Crippen molar-refractivity contribution >= 4 is 45.3 Å². The van der Waals surface area contributed by atoms with E-state index in [1.807, 2.05) is 4.90 Å². The Balaban J connectivity index is 1.94. The second-order valence-corrected chi connectivity index (χ2v) is 8.98. The number of aryl methyl sites for hydroxylation is 2. The minimum atomic E-state index is -0.339. The van der Waals surface area contributed by atoms with Crippen LogP contribution in [0.2, 0.25) is 0 Å². The van der Waals surface area contributed by atoms with E-state index in [2.05, 4.69) is 72.3 Å². The number of hydrogen-bond acceptors (Lipinski definition) is 2. The number of fused-ring (bicyclic) bond motifs is 2. The Bertz CT molecular complexity index is 1210. The molecule has 2 aromatic carbocycles. The zero-order valence-corrected chi connectivity index (χ0v) is 19.3. The number of aromatic amines is 1. The number of benzene rings is 2. The average Bonchev–Trinajstić information content (AvgIpc) is 3.01. The van der Waals surface area contributed by atoms with Gasteiger partial charge in [-0.3, -0.25) is 9.59 Å². The third-order valence-electron chi connectivity index (χ3n) is 6.00. The van der Waals surface area contributed by atoms with Gasteiger partial charge in [-0.25, -0.2) is 0 Å². The normalized spacial score (nSPS) is 13.4. The van der Waals surface area contributed by atoms with Crippen molar-refractivity contribution < 1.29 is 9.59 Å². The maximum Gasteiger partial charge on any atom is 0.246 e. The summed E-state index contributed by atoms with van der Waals surface area (Å²) in [6.45, 7) is 9.06.